The quantitative estimate of drug-likeness (QED) is 0.290. The molecule has 0 rings (SSSR count). The van der Waals surface area contributed by atoms with Crippen molar-refractivity contribution in [3.05, 3.63) is 12.8 Å². The first-order chi connectivity index (χ1) is 6.16. The van der Waals surface area contributed by atoms with Crippen LogP contribution in [0.15, 0.2) is 28.1 Å². The highest BCUT2D eigenvalue weighted by Gasteiger charge is 1.93. The van der Waals surface area contributed by atoms with E-state index in [2.05, 4.69) is 27.2 Å². The van der Waals surface area contributed by atoms with Crippen molar-refractivity contribution >= 4 is 6.34 Å². The summed E-state index contributed by atoms with van der Waals surface area (Å²) in [5.41, 5.74) is 0. The van der Waals surface area contributed by atoms with Gasteiger partial charge in [-0.15, -0.1) is 5.11 Å². The maximum absolute atomic E-state index is 3.90. The van der Waals surface area contributed by atoms with Gasteiger partial charge in [0.2, 0.25) is 0 Å². The van der Waals surface area contributed by atoms with E-state index in [0.29, 0.717) is 6.54 Å². The SMILES string of the molecule is C=CN[C@@H](C)C/N=N/C=N/N(C)C. The minimum atomic E-state index is 0.258. The van der Waals surface area contributed by atoms with Gasteiger partial charge in [-0.05, 0) is 13.1 Å². The normalized spacial score (nSPS) is 13.5. The Labute approximate surface area is 79.2 Å². The summed E-state index contributed by atoms with van der Waals surface area (Å²) in [4.78, 5) is 0. The Hall–Kier alpha value is -1.39. The third-order valence-corrected chi connectivity index (χ3v) is 1.17. The van der Waals surface area contributed by atoms with Crippen LogP contribution < -0.4 is 5.32 Å². The molecule has 0 heterocycles. The van der Waals surface area contributed by atoms with E-state index in [9.17, 15) is 0 Å². The molecule has 0 unspecified atom stereocenters. The smallest absolute Gasteiger partial charge is 0.157 e. The summed E-state index contributed by atoms with van der Waals surface area (Å²) in [7, 11) is 3.65. The zero-order chi connectivity index (χ0) is 10.1. The van der Waals surface area contributed by atoms with E-state index < -0.39 is 0 Å². The molecule has 13 heavy (non-hydrogen) atoms. The molecule has 0 fully saturated rings. The van der Waals surface area contributed by atoms with E-state index in [1.807, 2.05) is 21.0 Å². The minimum Gasteiger partial charge on any atom is -0.387 e. The first-order valence-electron chi connectivity index (χ1n) is 4.10. The molecule has 0 radical (unpaired) electrons. The van der Waals surface area contributed by atoms with Gasteiger partial charge in [0, 0.05) is 20.1 Å². The fourth-order valence-electron chi connectivity index (χ4n) is 0.586. The first kappa shape index (κ1) is 11.6. The van der Waals surface area contributed by atoms with E-state index >= 15 is 0 Å². The molecule has 0 aromatic carbocycles. The van der Waals surface area contributed by atoms with Crippen LogP contribution in [0.25, 0.3) is 0 Å². The molecule has 0 saturated carbocycles. The fourth-order valence-corrected chi connectivity index (χ4v) is 0.586. The highest BCUT2D eigenvalue weighted by Crippen LogP contribution is 1.83. The van der Waals surface area contributed by atoms with Crippen molar-refractivity contribution in [2.24, 2.45) is 15.3 Å². The number of hydrazone groups is 1. The Morgan fingerprint density at radius 3 is 2.77 bits per heavy atom. The Morgan fingerprint density at radius 2 is 2.23 bits per heavy atom. The summed E-state index contributed by atoms with van der Waals surface area (Å²) in [6.07, 6.45) is 3.06. The van der Waals surface area contributed by atoms with E-state index in [4.69, 9.17) is 0 Å². The topological polar surface area (TPSA) is 52.4 Å². The van der Waals surface area contributed by atoms with Gasteiger partial charge in [-0.3, -0.25) is 0 Å². The highest BCUT2D eigenvalue weighted by molar-refractivity contribution is 5.53. The van der Waals surface area contributed by atoms with Crippen LogP contribution in [0.1, 0.15) is 6.92 Å². The van der Waals surface area contributed by atoms with Gasteiger partial charge in [0.1, 0.15) is 0 Å². The standard InChI is InChI=1S/C8H17N5/c1-5-9-8(2)6-10-11-7-12-13(3)4/h5,7-9H,1,6H2,2-4H3/b11-10+,12-7+/t8-/m0/s1. The van der Waals surface area contributed by atoms with Gasteiger partial charge in [0.25, 0.3) is 0 Å². The van der Waals surface area contributed by atoms with Crippen LogP contribution in [0, 0.1) is 0 Å². The molecule has 74 valence electrons. The number of azo groups is 1. The van der Waals surface area contributed by atoms with Gasteiger partial charge >= 0.3 is 0 Å². The second-order valence-electron chi connectivity index (χ2n) is 2.79. The van der Waals surface area contributed by atoms with E-state index in [1.165, 1.54) is 6.34 Å². The van der Waals surface area contributed by atoms with Crippen molar-refractivity contribution in [1.82, 2.24) is 10.3 Å². The molecule has 0 aromatic rings. The molecule has 0 aliphatic carbocycles. The molecular formula is C8H17N5. The van der Waals surface area contributed by atoms with Gasteiger partial charge in [-0.2, -0.15) is 10.2 Å². The van der Waals surface area contributed by atoms with Crippen LogP contribution in [-0.2, 0) is 0 Å². The summed E-state index contributed by atoms with van der Waals surface area (Å²) in [5.74, 6) is 0. The van der Waals surface area contributed by atoms with Crippen LogP contribution in [0.5, 0.6) is 0 Å². The van der Waals surface area contributed by atoms with Crippen molar-refractivity contribution in [3.8, 4) is 0 Å². The maximum Gasteiger partial charge on any atom is 0.157 e. The average molecular weight is 183 g/mol. The zero-order valence-electron chi connectivity index (χ0n) is 8.44. The number of hydrogen-bond acceptors (Lipinski definition) is 4. The van der Waals surface area contributed by atoms with Crippen LogP contribution >= 0.6 is 0 Å². The lowest BCUT2D eigenvalue weighted by molar-refractivity contribution is 0.439. The molecule has 0 saturated heterocycles. The molecule has 0 bridgehead atoms. The Morgan fingerprint density at radius 1 is 1.54 bits per heavy atom. The Kier molecular flexibility index (Phi) is 6.49. The lowest BCUT2D eigenvalue weighted by Crippen LogP contribution is -2.22. The maximum atomic E-state index is 3.90. The highest BCUT2D eigenvalue weighted by atomic mass is 15.4. The van der Waals surface area contributed by atoms with Crippen molar-refractivity contribution in [2.75, 3.05) is 20.6 Å². The van der Waals surface area contributed by atoms with Crippen LogP contribution in [-0.4, -0.2) is 38.0 Å². The number of nitrogens with one attached hydrogen (secondary N) is 1. The van der Waals surface area contributed by atoms with Gasteiger partial charge < -0.3 is 10.3 Å². The van der Waals surface area contributed by atoms with Gasteiger partial charge in [0.15, 0.2) is 6.34 Å². The molecule has 0 aliphatic rings. The van der Waals surface area contributed by atoms with Crippen molar-refractivity contribution in [3.63, 3.8) is 0 Å². The Bertz CT molecular complexity index is 185. The van der Waals surface area contributed by atoms with Gasteiger partial charge in [-0.1, -0.05) is 6.58 Å². The van der Waals surface area contributed by atoms with Crippen molar-refractivity contribution in [2.45, 2.75) is 13.0 Å². The predicted molar refractivity (Wildman–Crippen MR) is 54.7 cm³/mol. The van der Waals surface area contributed by atoms with Gasteiger partial charge in [-0.25, -0.2) is 0 Å². The third kappa shape index (κ3) is 8.52. The first-order valence-corrected chi connectivity index (χ1v) is 4.10. The molecular weight excluding hydrogens is 166 g/mol. The summed E-state index contributed by atoms with van der Waals surface area (Å²) >= 11 is 0. The lowest BCUT2D eigenvalue weighted by Gasteiger charge is -2.05. The Balaban J connectivity index is 3.56. The largest absolute Gasteiger partial charge is 0.387 e. The average Bonchev–Trinajstić information content (AvgIpc) is 2.03. The van der Waals surface area contributed by atoms with Crippen LogP contribution in [0.3, 0.4) is 0 Å². The molecule has 5 nitrogen and oxygen atoms in total. The van der Waals surface area contributed by atoms with E-state index in [0.717, 1.165) is 0 Å². The lowest BCUT2D eigenvalue weighted by atomic mass is 10.3. The monoisotopic (exact) mass is 183 g/mol. The fraction of sp³-hybridized carbons (Fsp3) is 0.625. The molecule has 0 aromatic heterocycles. The molecule has 0 amide bonds. The second-order valence-corrected chi connectivity index (χ2v) is 2.79. The molecule has 5 heteroatoms. The number of rotatable bonds is 6. The summed E-state index contributed by atoms with van der Waals surface area (Å²) in [5, 5.41) is 16.2. The van der Waals surface area contributed by atoms with E-state index in [1.54, 1.807) is 11.2 Å². The molecule has 0 aliphatic heterocycles. The summed E-state index contributed by atoms with van der Waals surface area (Å²) in [6.45, 7) is 6.17. The summed E-state index contributed by atoms with van der Waals surface area (Å²) < 4.78 is 0. The zero-order valence-corrected chi connectivity index (χ0v) is 8.44. The van der Waals surface area contributed by atoms with Gasteiger partial charge in [0.05, 0.1) is 6.54 Å². The predicted octanol–water partition coefficient (Wildman–Crippen LogP) is 1.07. The second kappa shape index (κ2) is 7.27. The summed E-state index contributed by atoms with van der Waals surface area (Å²) in [6, 6.07) is 0.258. The molecule has 0 spiro atoms. The van der Waals surface area contributed by atoms with Crippen LogP contribution in [0.4, 0.5) is 0 Å². The van der Waals surface area contributed by atoms with Crippen molar-refractivity contribution < 1.29 is 0 Å². The molecule has 1 atom stereocenters. The number of hydrogen-bond donors (Lipinski definition) is 1. The van der Waals surface area contributed by atoms with Crippen molar-refractivity contribution in [1.29, 1.82) is 0 Å². The third-order valence-electron chi connectivity index (χ3n) is 1.17. The minimum absolute atomic E-state index is 0.258. The van der Waals surface area contributed by atoms with Crippen LogP contribution in [0.2, 0.25) is 0 Å². The van der Waals surface area contributed by atoms with E-state index in [-0.39, 0.29) is 6.04 Å². The molecule has 1 N–H and O–H groups in total. The number of nitrogens with zero attached hydrogens (tertiary/aromatic N) is 4.